The van der Waals surface area contributed by atoms with Gasteiger partial charge in [0, 0.05) is 52.1 Å². The average Bonchev–Trinajstić information content (AvgIpc) is 3.29. The van der Waals surface area contributed by atoms with E-state index in [-0.39, 0.29) is 54.9 Å². The average molecular weight is 500 g/mol. The van der Waals surface area contributed by atoms with E-state index in [4.69, 9.17) is 9.47 Å². The molecule has 2 bridgehead atoms. The molecule has 3 fully saturated rings. The van der Waals surface area contributed by atoms with E-state index in [1.165, 1.54) is 39.2 Å². The smallest absolute Gasteiger partial charge is 0.257 e. The fourth-order valence-electron chi connectivity index (χ4n) is 6.21. The van der Waals surface area contributed by atoms with Gasteiger partial charge in [-0.3, -0.25) is 19.3 Å². The lowest BCUT2D eigenvalue weighted by molar-refractivity contribution is -0.148. The van der Waals surface area contributed by atoms with Crippen LogP contribution in [0.3, 0.4) is 0 Å². The third kappa shape index (κ3) is 5.34. The maximum absolute atomic E-state index is 14.0. The van der Waals surface area contributed by atoms with Gasteiger partial charge in [0.05, 0.1) is 12.1 Å². The number of amides is 3. The molecule has 0 spiro atoms. The lowest BCUT2D eigenvalue weighted by atomic mass is 9.89. The number of ether oxygens (including phenoxy) is 2. The van der Waals surface area contributed by atoms with Gasteiger partial charge < -0.3 is 24.6 Å². The molecule has 10 nitrogen and oxygen atoms in total. The minimum atomic E-state index is -0.333. The van der Waals surface area contributed by atoms with Crippen LogP contribution >= 0.6 is 0 Å². The third-order valence-corrected chi connectivity index (χ3v) is 8.06. The number of hydrogen-bond acceptors (Lipinski definition) is 7. The highest BCUT2D eigenvalue weighted by Crippen LogP contribution is 2.30. The molecule has 3 amide bonds. The van der Waals surface area contributed by atoms with Gasteiger partial charge in [0.15, 0.2) is 0 Å². The summed E-state index contributed by atoms with van der Waals surface area (Å²) in [4.78, 5) is 50.0. The molecule has 4 heterocycles. The van der Waals surface area contributed by atoms with Crippen molar-refractivity contribution in [2.24, 2.45) is 5.92 Å². The molecule has 5 rings (SSSR count). The number of carbonyl (C=O) groups excluding carboxylic acids is 3. The third-order valence-electron chi connectivity index (χ3n) is 8.06. The number of fused-ring (bicyclic) bond motifs is 4. The van der Waals surface area contributed by atoms with E-state index < -0.39 is 0 Å². The van der Waals surface area contributed by atoms with Crippen LogP contribution in [0.2, 0.25) is 0 Å². The Balaban J connectivity index is 1.43. The number of nitrogens with zero attached hydrogens (tertiary/aromatic N) is 4. The Bertz CT molecular complexity index is 968. The number of likely N-dealkylation sites (tertiary alicyclic amines) is 1. The normalized spacial score (nSPS) is 27.9. The predicted molar refractivity (Wildman–Crippen MR) is 131 cm³/mol. The van der Waals surface area contributed by atoms with Crippen LogP contribution < -0.4 is 10.1 Å². The molecule has 36 heavy (non-hydrogen) atoms. The van der Waals surface area contributed by atoms with Crippen LogP contribution in [0.25, 0.3) is 0 Å². The van der Waals surface area contributed by atoms with Gasteiger partial charge in [-0.15, -0.1) is 0 Å². The van der Waals surface area contributed by atoms with Gasteiger partial charge in [0.2, 0.25) is 17.7 Å². The van der Waals surface area contributed by atoms with Crippen molar-refractivity contribution < 1.29 is 23.9 Å². The Hall–Kier alpha value is -2.72. The summed E-state index contributed by atoms with van der Waals surface area (Å²) in [5, 5.41) is 3.14. The Kier molecular flexibility index (Phi) is 7.71. The molecule has 196 valence electrons. The fourth-order valence-corrected chi connectivity index (χ4v) is 6.21. The molecule has 3 atom stereocenters. The number of carbonyl (C=O) groups is 3. The van der Waals surface area contributed by atoms with E-state index in [0.717, 1.165) is 6.54 Å². The number of methoxy groups -OCH3 is 1. The molecular formula is C26H37N5O5. The maximum Gasteiger partial charge on any atom is 0.257 e. The zero-order valence-corrected chi connectivity index (χ0v) is 21.1. The number of piperazine rings is 1. The second-order valence-electron chi connectivity index (χ2n) is 10.5. The van der Waals surface area contributed by atoms with Gasteiger partial charge in [-0.25, -0.2) is 4.98 Å². The van der Waals surface area contributed by atoms with Gasteiger partial charge in [0.25, 0.3) is 5.91 Å². The van der Waals surface area contributed by atoms with Crippen molar-refractivity contribution in [1.29, 1.82) is 0 Å². The highest BCUT2D eigenvalue weighted by atomic mass is 16.5. The first-order valence-corrected chi connectivity index (χ1v) is 13.2. The molecule has 0 radical (unpaired) electrons. The van der Waals surface area contributed by atoms with E-state index >= 15 is 0 Å². The summed E-state index contributed by atoms with van der Waals surface area (Å²) in [5.74, 6) is 0.570. The molecule has 1 aliphatic carbocycles. The Morgan fingerprint density at radius 1 is 1.19 bits per heavy atom. The predicted octanol–water partition coefficient (Wildman–Crippen LogP) is 0.913. The van der Waals surface area contributed by atoms with Crippen molar-refractivity contribution in [2.75, 3.05) is 53.0 Å². The molecule has 0 aromatic carbocycles. The van der Waals surface area contributed by atoms with Crippen LogP contribution in [0, 0.1) is 5.92 Å². The van der Waals surface area contributed by atoms with E-state index in [0.29, 0.717) is 44.1 Å². The van der Waals surface area contributed by atoms with Gasteiger partial charge in [-0.1, -0.05) is 19.3 Å². The Morgan fingerprint density at radius 2 is 2.03 bits per heavy atom. The topological polar surface area (TPSA) is 104 Å². The molecule has 1 aromatic heterocycles. The van der Waals surface area contributed by atoms with Crippen LogP contribution in [0.4, 0.5) is 0 Å². The molecule has 2 saturated heterocycles. The number of rotatable bonds is 4. The Labute approximate surface area is 212 Å². The summed E-state index contributed by atoms with van der Waals surface area (Å²) < 4.78 is 11.1. The second-order valence-corrected chi connectivity index (χ2v) is 10.5. The standard InChI is InChI=1S/C26H37N5O5/c1-35-17-23(32)29-10-11-31-20(15-29)16-36-25-21(8-5-9-27-25)24(33)28-19-12-22(26(31)34)30(14-19)13-18-6-3-2-4-7-18/h5,8-9,18-20,22H,2-4,6-7,10-17H2,1H3,(H,28,33)/t19-,20+,22+/m1/s1. The van der Waals surface area contributed by atoms with E-state index in [9.17, 15) is 14.4 Å². The van der Waals surface area contributed by atoms with Crippen molar-refractivity contribution in [2.45, 2.75) is 56.7 Å². The lowest BCUT2D eigenvalue weighted by Crippen LogP contribution is -2.61. The van der Waals surface area contributed by atoms with Crippen LogP contribution in [0.5, 0.6) is 5.88 Å². The van der Waals surface area contributed by atoms with Gasteiger partial charge >= 0.3 is 0 Å². The first-order valence-electron chi connectivity index (χ1n) is 13.2. The highest BCUT2D eigenvalue weighted by molar-refractivity contribution is 5.96. The largest absolute Gasteiger partial charge is 0.475 e. The van der Waals surface area contributed by atoms with E-state index in [2.05, 4.69) is 15.2 Å². The van der Waals surface area contributed by atoms with Crippen LogP contribution in [0.15, 0.2) is 18.3 Å². The number of aromatic nitrogens is 1. The molecule has 4 aliphatic rings. The van der Waals surface area contributed by atoms with Crippen molar-refractivity contribution in [3.63, 3.8) is 0 Å². The number of hydrogen-bond donors (Lipinski definition) is 1. The summed E-state index contributed by atoms with van der Waals surface area (Å²) in [7, 11) is 1.50. The van der Waals surface area contributed by atoms with Crippen LogP contribution in [-0.4, -0.2) is 109 Å². The molecular weight excluding hydrogens is 462 g/mol. The van der Waals surface area contributed by atoms with E-state index in [1.54, 1.807) is 23.2 Å². The van der Waals surface area contributed by atoms with Gasteiger partial charge in [-0.2, -0.15) is 0 Å². The monoisotopic (exact) mass is 499 g/mol. The van der Waals surface area contributed by atoms with Crippen LogP contribution in [-0.2, 0) is 14.3 Å². The summed E-state index contributed by atoms with van der Waals surface area (Å²) >= 11 is 0. The second kappa shape index (κ2) is 11.1. The van der Waals surface area contributed by atoms with Crippen molar-refractivity contribution in [1.82, 2.24) is 25.0 Å². The van der Waals surface area contributed by atoms with Gasteiger partial charge in [-0.05, 0) is 37.3 Å². The lowest BCUT2D eigenvalue weighted by Gasteiger charge is -2.43. The van der Waals surface area contributed by atoms with Crippen molar-refractivity contribution in [3.05, 3.63) is 23.9 Å². The first kappa shape index (κ1) is 25.0. The molecule has 1 saturated carbocycles. The van der Waals surface area contributed by atoms with Crippen molar-refractivity contribution >= 4 is 17.7 Å². The highest BCUT2D eigenvalue weighted by Gasteiger charge is 2.44. The minimum absolute atomic E-state index is 0.00551. The summed E-state index contributed by atoms with van der Waals surface area (Å²) in [6.07, 6.45) is 8.36. The van der Waals surface area contributed by atoms with E-state index in [1.807, 2.05) is 4.90 Å². The first-order chi connectivity index (χ1) is 17.5. The zero-order valence-electron chi connectivity index (χ0n) is 21.1. The minimum Gasteiger partial charge on any atom is -0.475 e. The summed E-state index contributed by atoms with van der Waals surface area (Å²) in [6, 6.07) is 2.70. The summed E-state index contributed by atoms with van der Waals surface area (Å²) in [6.45, 7) is 2.97. The molecule has 0 unspecified atom stereocenters. The quantitative estimate of drug-likeness (QED) is 0.657. The molecule has 3 aliphatic heterocycles. The zero-order chi connectivity index (χ0) is 25.1. The molecule has 10 heteroatoms. The summed E-state index contributed by atoms with van der Waals surface area (Å²) in [5.41, 5.74) is 0.390. The maximum atomic E-state index is 14.0. The molecule has 1 aromatic rings. The Morgan fingerprint density at radius 3 is 2.83 bits per heavy atom. The SMILES string of the molecule is COCC(=O)N1CCN2C(=O)[C@@H]3C[C@H](CN3CC3CCCCC3)NC(=O)c3cccnc3OC[C@@H]2C1. The van der Waals surface area contributed by atoms with Gasteiger partial charge in [0.1, 0.15) is 18.8 Å². The fraction of sp³-hybridized carbons (Fsp3) is 0.692. The number of nitrogens with one attached hydrogen (secondary N) is 1. The van der Waals surface area contributed by atoms with Crippen molar-refractivity contribution in [3.8, 4) is 5.88 Å². The number of pyridine rings is 1. The van der Waals surface area contributed by atoms with Crippen LogP contribution in [0.1, 0.15) is 48.9 Å². The molecule has 1 N–H and O–H groups in total.